The number of carbonyl (C=O) groups excluding carboxylic acids is 1. The molecule has 0 unspecified atom stereocenters. The van der Waals surface area contributed by atoms with E-state index in [0.29, 0.717) is 11.6 Å². The number of carbonyl (C=O) groups is 1. The van der Waals surface area contributed by atoms with E-state index in [2.05, 4.69) is 64.2 Å². The molecule has 0 radical (unpaired) electrons. The lowest BCUT2D eigenvalue weighted by Gasteiger charge is -2.53. The van der Waals surface area contributed by atoms with Gasteiger partial charge in [0, 0.05) is 12.6 Å². The van der Waals surface area contributed by atoms with Crippen molar-refractivity contribution in [3.8, 4) is 0 Å². The molecule has 3 rings (SSSR count). The molecule has 0 saturated carbocycles. The molecule has 1 N–H and O–H groups in total. The number of unbranched alkanes of at least 4 members (excludes halogenated alkanes) is 1. The zero-order valence-electron chi connectivity index (χ0n) is 19.8. The van der Waals surface area contributed by atoms with Gasteiger partial charge in [-0.1, -0.05) is 55.8 Å². The van der Waals surface area contributed by atoms with Gasteiger partial charge in [-0.05, 0) is 76.6 Å². The average molecular weight is 423 g/mol. The number of piperidine rings is 1. The van der Waals surface area contributed by atoms with Crippen LogP contribution in [0, 0.1) is 0 Å². The van der Waals surface area contributed by atoms with Crippen molar-refractivity contribution in [1.82, 2.24) is 10.4 Å². The Hall–Kier alpha value is -2.17. The monoisotopic (exact) mass is 422 g/mol. The summed E-state index contributed by atoms with van der Waals surface area (Å²) in [7, 11) is 0. The highest BCUT2D eigenvalue weighted by atomic mass is 16.7. The van der Waals surface area contributed by atoms with Crippen LogP contribution in [0.15, 0.2) is 54.6 Å². The number of benzene rings is 2. The second-order valence-corrected chi connectivity index (χ2v) is 10.0. The van der Waals surface area contributed by atoms with Gasteiger partial charge in [0.1, 0.15) is 0 Å². The van der Waals surface area contributed by atoms with E-state index in [-0.39, 0.29) is 17.0 Å². The first kappa shape index (κ1) is 23.5. The summed E-state index contributed by atoms with van der Waals surface area (Å²) in [6.45, 7) is 11.8. The molecule has 4 nitrogen and oxygen atoms in total. The van der Waals surface area contributed by atoms with Crippen molar-refractivity contribution in [2.45, 2.75) is 90.4 Å². The Kier molecular flexibility index (Phi) is 7.55. The molecular weight excluding hydrogens is 384 g/mol. The minimum absolute atomic E-state index is 0.272. The largest absolute Gasteiger partial charge is 0.363 e. The number of rotatable bonds is 8. The van der Waals surface area contributed by atoms with Gasteiger partial charge in [0.2, 0.25) is 0 Å². The molecule has 1 fully saturated rings. The molecule has 31 heavy (non-hydrogen) atoms. The van der Waals surface area contributed by atoms with E-state index in [9.17, 15) is 4.79 Å². The predicted molar refractivity (Wildman–Crippen MR) is 127 cm³/mol. The first-order chi connectivity index (χ1) is 14.7. The van der Waals surface area contributed by atoms with Crippen molar-refractivity contribution in [3.63, 3.8) is 0 Å². The van der Waals surface area contributed by atoms with Gasteiger partial charge < -0.3 is 10.2 Å². The summed E-state index contributed by atoms with van der Waals surface area (Å²) in [5.74, 6) is -0.294. The fraction of sp³-hybridized carbons (Fsp3) is 0.519. The topological polar surface area (TPSA) is 41.6 Å². The highest BCUT2D eigenvalue weighted by Crippen LogP contribution is 2.39. The van der Waals surface area contributed by atoms with Crippen molar-refractivity contribution < 1.29 is 9.63 Å². The number of aryl methyl sites for hydroxylation is 1. The standard InChI is InChI=1S/C27H38N2O2/c1-6-7-13-21-14-11-12-17-23(21)20-28-24-18-26(2,3)29(27(4,5)19-24)31-25(30)22-15-9-8-10-16-22/h8-12,14-17,24,28H,6-7,13,18-20H2,1-5H3. The van der Waals surface area contributed by atoms with Crippen molar-refractivity contribution in [2.24, 2.45) is 0 Å². The van der Waals surface area contributed by atoms with Crippen LogP contribution in [-0.2, 0) is 17.8 Å². The van der Waals surface area contributed by atoms with E-state index in [0.717, 1.165) is 25.8 Å². The van der Waals surface area contributed by atoms with E-state index in [1.807, 2.05) is 23.3 Å². The van der Waals surface area contributed by atoms with E-state index >= 15 is 0 Å². The first-order valence-electron chi connectivity index (χ1n) is 11.6. The summed E-state index contributed by atoms with van der Waals surface area (Å²) in [5.41, 5.74) is 2.88. The average Bonchev–Trinajstić information content (AvgIpc) is 2.74. The molecule has 1 aliphatic rings. The van der Waals surface area contributed by atoms with Crippen LogP contribution in [0.1, 0.15) is 81.8 Å². The highest BCUT2D eigenvalue weighted by molar-refractivity contribution is 5.89. The van der Waals surface area contributed by atoms with Crippen LogP contribution in [-0.4, -0.2) is 28.2 Å². The molecule has 2 aromatic carbocycles. The second-order valence-electron chi connectivity index (χ2n) is 10.0. The molecular formula is C27H38N2O2. The van der Waals surface area contributed by atoms with Crippen LogP contribution in [0.3, 0.4) is 0 Å². The Bertz CT molecular complexity index is 843. The fourth-order valence-electron chi connectivity index (χ4n) is 4.96. The first-order valence-corrected chi connectivity index (χ1v) is 11.6. The number of nitrogens with zero attached hydrogens (tertiary/aromatic N) is 1. The number of hydroxylamine groups is 2. The molecule has 4 heteroatoms. The lowest BCUT2D eigenvalue weighted by Crippen LogP contribution is -2.64. The number of nitrogens with one attached hydrogen (secondary N) is 1. The van der Waals surface area contributed by atoms with Crippen molar-refractivity contribution >= 4 is 5.97 Å². The maximum absolute atomic E-state index is 12.7. The van der Waals surface area contributed by atoms with Crippen molar-refractivity contribution in [2.75, 3.05) is 0 Å². The van der Waals surface area contributed by atoms with Gasteiger partial charge in [0.25, 0.3) is 0 Å². The van der Waals surface area contributed by atoms with Crippen LogP contribution < -0.4 is 5.32 Å². The smallest absolute Gasteiger partial charge is 0.357 e. The number of hydrogen-bond acceptors (Lipinski definition) is 4. The van der Waals surface area contributed by atoms with Crippen LogP contribution in [0.25, 0.3) is 0 Å². The Morgan fingerprint density at radius 3 is 2.16 bits per heavy atom. The molecule has 0 atom stereocenters. The minimum Gasteiger partial charge on any atom is -0.363 e. The molecule has 0 bridgehead atoms. The van der Waals surface area contributed by atoms with Gasteiger partial charge in [-0.2, -0.15) is 0 Å². The van der Waals surface area contributed by atoms with Crippen LogP contribution in [0.5, 0.6) is 0 Å². The summed E-state index contributed by atoms with van der Waals surface area (Å²) in [6.07, 6.45) is 5.40. The summed E-state index contributed by atoms with van der Waals surface area (Å²) >= 11 is 0. The normalized spacial score (nSPS) is 18.6. The fourth-order valence-corrected chi connectivity index (χ4v) is 4.96. The Labute approximate surface area is 187 Å². The summed E-state index contributed by atoms with van der Waals surface area (Å²) in [6, 6.07) is 18.4. The minimum atomic E-state index is -0.294. The van der Waals surface area contributed by atoms with E-state index in [1.54, 1.807) is 12.1 Å². The van der Waals surface area contributed by atoms with Crippen molar-refractivity contribution in [3.05, 3.63) is 71.3 Å². The molecule has 0 spiro atoms. The molecule has 2 aromatic rings. The third-order valence-electron chi connectivity index (χ3n) is 6.27. The van der Waals surface area contributed by atoms with Crippen LogP contribution >= 0.6 is 0 Å². The summed E-state index contributed by atoms with van der Waals surface area (Å²) in [4.78, 5) is 18.7. The van der Waals surface area contributed by atoms with E-state index < -0.39 is 0 Å². The molecule has 1 aliphatic heterocycles. The van der Waals surface area contributed by atoms with Crippen LogP contribution in [0.2, 0.25) is 0 Å². The molecule has 0 aliphatic carbocycles. The molecule has 168 valence electrons. The molecule has 1 heterocycles. The van der Waals surface area contributed by atoms with Gasteiger partial charge in [-0.15, -0.1) is 5.06 Å². The van der Waals surface area contributed by atoms with Crippen molar-refractivity contribution in [1.29, 1.82) is 0 Å². The van der Waals surface area contributed by atoms with Gasteiger partial charge >= 0.3 is 5.97 Å². The summed E-state index contributed by atoms with van der Waals surface area (Å²) in [5, 5.41) is 5.72. The molecule has 0 aromatic heterocycles. The molecule has 0 amide bonds. The maximum Gasteiger partial charge on any atom is 0.357 e. The number of hydrogen-bond donors (Lipinski definition) is 1. The molecule has 1 saturated heterocycles. The summed E-state index contributed by atoms with van der Waals surface area (Å²) < 4.78 is 0. The lowest BCUT2D eigenvalue weighted by atomic mass is 9.79. The zero-order chi connectivity index (χ0) is 22.5. The SMILES string of the molecule is CCCCc1ccccc1CNC1CC(C)(C)N(OC(=O)c2ccccc2)C(C)(C)C1. The van der Waals surface area contributed by atoms with Gasteiger partial charge in [0.05, 0.1) is 16.6 Å². The highest BCUT2D eigenvalue weighted by Gasteiger charge is 2.48. The van der Waals surface area contributed by atoms with Crippen LogP contribution in [0.4, 0.5) is 0 Å². The maximum atomic E-state index is 12.7. The van der Waals surface area contributed by atoms with Gasteiger partial charge in [0.15, 0.2) is 0 Å². The third kappa shape index (κ3) is 5.96. The zero-order valence-corrected chi connectivity index (χ0v) is 19.8. The predicted octanol–water partition coefficient (Wildman–Crippen LogP) is 5.91. The third-order valence-corrected chi connectivity index (χ3v) is 6.27. The Morgan fingerprint density at radius 1 is 0.968 bits per heavy atom. The lowest BCUT2D eigenvalue weighted by molar-refractivity contribution is -0.245. The van der Waals surface area contributed by atoms with E-state index in [1.165, 1.54) is 24.0 Å². The second kappa shape index (κ2) is 9.97. The quantitative estimate of drug-likeness (QED) is 0.574. The van der Waals surface area contributed by atoms with E-state index in [4.69, 9.17) is 4.84 Å². The van der Waals surface area contributed by atoms with Gasteiger partial charge in [-0.25, -0.2) is 4.79 Å². The van der Waals surface area contributed by atoms with Gasteiger partial charge in [-0.3, -0.25) is 0 Å². The Morgan fingerprint density at radius 2 is 1.55 bits per heavy atom. The Balaban J connectivity index is 1.66.